The molecule has 2 rings (SSSR count). The minimum Gasteiger partial charge on any atom is -0.306 e. The average Bonchev–Trinajstić information content (AvgIpc) is 2.42. The largest absolute Gasteiger partial charge is 0.306 e. The molecule has 1 aliphatic rings. The highest BCUT2D eigenvalue weighted by Crippen LogP contribution is 2.26. The summed E-state index contributed by atoms with van der Waals surface area (Å²) in [6, 6.07) is 2.18. The van der Waals surface area contributed by atoms with Crippen molar-refractivity contribution in [1.29, 1.82) is 5.26 Å². The molecule has 0 amide bonds. The summed E-state index contributed by atoms with van der Waals surface area (Å²) in [4.78, 5) is 6.52. The van der Waals surface area contributed by atoms with Crippen LogP contribution in [0.4, 0.5) is 0 Å². The minimum absolute atomic E-state index is 0.350. The lowest BCUT2D eigenvalue weighted by Gasteiger charge is -2.11. The number of pyridine rings is 1. The standard InChI is InChI=1S/C12H14ClN3/c1-8-9-3-5-16(2)6-4-10(9)11(7-14)12(13)15-8/h3-6H2,1-2H3. The van der Waals surface area contributed by atoms with Gasteiger partial charge in [-0.15, -0.1) is 0 Å². The van der Waals surface area contributed by atoms with Gasteiger partial charge >= 0.3 is 0 Å². The van der Waals surface area contributed by atoms with E-state index < -0.39 is 0 Å². The Morgan fingerprint density at radius 3 is 2.56 bits per heavy atom. The Morgan fingerprint density at radius 1 is 1.31 bits per heavy atom. The van der Waals surface area contributed by atoms with E-state index in [0.717, 1.165) is 37.2 Å². The van der Waals surface area contributed by atoms with E-state index in [1.807, 2.05) is 6.92 Å². The van der Waals surface area contributed by atoms with Gasteiger partial charge in [0, 0.05) is 18.8 Å². The van der Waals surface area contributed by atoms with Crippen LogP contribution in [0.5, 0.6) is 0 Å². The molecule has 1 aromatic rings. The third-order valence-electron chi connectivity index (χ3n) is 3.17. The number of likely N-dealkylation sites (N-methyl/N-ethyl adjacent to an activating group) is 1. The smallest absolute Gasteiger partial charge is 0.147 e. The van der Waals surface area contributed by atoms with Crippen molar-refractivity contribution in [1.82, 2.24) is 9.88 Å². The van der Waals surface area contributed by atoms with E-state index >= 15 is 0 Å². The van der Waals surface area contributed by atoms with Gasteiger partial charge in [0.2, 0.25) is 0 Å². The number of nitriles is 1. The topological polar surface area (TPSA) is 39.9 Å². The molecule has 0 saturated carbocycles. The van der Waals surface area contributed by atoms with Crippen LogP contribution in [-0.4, -0.2) is 30.0 Å². The fourth-order valence-corrected chi connectivity index (χ4v) is 2.49. The van der Waals surface area contributed by atoms with E-state index in [4.69, 9.17) is 16.9 Å². The van der Waals surface area contributed by atoms with E-state index in [-0.39, 0.29) is 0 Å². The van der Waals surface area contributed by atoms with Gasteiger partial charge in [0.25, 0.3) is 0 Å². The molecule has 0 aromatic carbocycles. The summed E-state index contributed by atoms with van der Waals surface area (Å²) in [5.41, 5.74) is 3.85. The molecule has 16 heavy (non-hydrogen) atoms. The molecule has 0 saturated heterocycles. The Hall–Kier alpha value is -1.11. The van der Waals surface area contributed by atoms with E-state index in [0.29, 0.717) is 10.7 Å². The number of aromatic nitrogens is 1. The fraction of sp³-hybridized carbons (Fsp3) is 0.500. The lowest BCUT2D eigenvalue weighted by Crippen LogP contribution is -2.20. The number of hydrogen-bond acceptors (Lipinski definition) is 3. The molecular formula is C12H14ClN3. The van der Waals surface area contributed by atoms with Crippen LogP contribution in [-0.2, 0) is 12.8 Å². The number of nitrogens with zero attached hydrogens (tertiary/aromatic N) is 3. The summed E-state index contributed by atoms with van der Waals surface area (Å²) in [6.45, 7) is 3.96. The monoisotopic (exact) mass is 235 g/mol. The quantitative estimate of drug-likeness (QED) is 0.646. The maximum absolute atomic E-state index is 9.14. The Balaban J connectivity index is 2.58. The zero-order valence-electron chi connectivity index (χ0n) is 9.55. The number of fused-ring (bicyclic) bond motifs is 1. The first-order valence-electron chi connectivity index (χ1n) is 5.40. The highest BCUT2D eigenvalue weighted by Gasteiger charge is 2.19. The summed E-state index contributed by atoms with van der Waals surface area (Å²) in [7, 11) is 2.10. The van der Waals surface area contributed by atoms with Crippen molar-refractivity contribution >= 4 is 11.6 Å². The second-order valence-electron chi connectivity index (χ2n) is 4.24. The van der Waals surface area contributed by atoms with Crippen LogP contribution >= 0.6 is 11.6 Å². The average molecular weight is 236 g/mol. The number of halogens is 1. The summed E-state index contributed by atoms with van der Waals surface area (Å²) in [6.07, 6.45) is 1.84. The molecule has 84 valence electrons. The predicted molar refractivity (Wildman–Crippen MR) is 63.6 cm³/mol. The first kappa shape index (κ1) is 11.4. The van der Waals surface area contributed by atoms with Crippen molar-refractivity contribution in [3.63, 3.8) is 0 Å². The molecule has 1 aromatic heterocycles. The van der Waals surface area contributed by atoms with Gasteiger partial charge in [-0.1, -0.05) is 11.6 Å². The number of rotatable bonds is 0. The van der Waals surface area contributed by atoms with E-state index in [1.165, 1.54) is 5.56 Å². The van der Waals surface area contributed by atoms with Gasteiger partial charge in [-0.05, 0) is 37.9 Å². The fourth-order valence-electron chi connectivity index (χ4n) is 2.20. The van der Waals surface area contributed by atoms with Crippen LogP contribution in [0.2, 0.25) is 5.15 Å². The van der Waals surface area contributed by atoms with Crippen molar-refractivity contribution in [2.24, 2.45) is 0 Å². The third-order valence-corrected chi connectivity index (χ3v) is 3.45. The van der Waals surface area contributed by atoms with Crippen molar-refractivity contribution in [3.8, 4) is 6.07 Å². The predicted octanol–water partition coefficient (Wildman–Crippen LogP) is 1.95. The van der Waals surface area contributed by atoms with Gasteiger partial charge in [0.05, 0.1) is 5.56 Å². The van der Waals surface area contributed by atoms with Gasteiger partial charge in [0.15, 0.2) is 0 Å². The molecule has 0 unspecified atom stereocenters. The van der Waals surface area contributed by atoms with Crippen LogP contribution in [0.25, 0.3) is 0 Å². The first-order valence-corrected chi connectivity index (χ1v) is 5.77. The highest BCUT2D eigenvalue weighted by atomic mass is 35.5. The summed E-state index contributed by atoms with van der Waals surface area (Å²) < 4.78 is 0. The van der Waals surface area contributed by atoms with Crippen LogP contribution in [0.3, 0.4) is 0 Å². The Bertz CT molecular complexity index is 462. The van der Waals surface area contributed by atoms with Crippen molar-refractivity contribution < 1.29 is 0 Å². The Kier molecular flexibility index (Phi) is 3.13. The Morgan fingerprint density at radius 2 is 1.94 bits per heavy atom. The molecule has 4 heteroatoms. The van der Waals surface area contributed by atoms with Crippen LogP contribution < -0.4 is 0 Å². The minimum atomic E-state index is 0.350. The first-order chi connectivity index (χ1) is 7.63. The maximum atomic E-state index is 9.14. The molecule has 0 N–H and O–H groups in total. The van der Waals surface area contributed by atoms with E-state index in [2.05, 4.69) is 23.0 Å². The van der Waals surface area contributed by atoms with E-state index in [1.54, 1.807) is 0 Å². The van der Waals surface area contributed by atoms with Crippen LogP contribution in [0.15, 0.2) is 0 Å². The molecule has 0 spiro atoms. The molecular weight excluding hydrogens is 222 g/mol. The lowest BCUT2D eigenvalue weighted by molar-refractivity contribution is 0.352. The van der Waals surface area contributed by atoms with Crippen molar-refractivity contribution in [2.75, 3.05) is 20.1 Å². The van der Waals surface area contributed by atoms with Crippen molar-refractivity contribution in [3.05, 3.63) is 27.5 Å². The zero-order chi connectivity index (χ0) is 11.7. The molecule has 2 heterocycles. The lowest BCUT2D eigenvalue weighted by atomic mass is 9.98. The van der Waals surface area contributed by atoms with Crippen LogP contribution in [0.1, 0.15) is 22.4 Å². The summed E-state index contributed by atoms with van der Waals surface area (Å²) in [5, 5.41) is 9.49. The SMILES string of the molecule is Cc1nc(Cl)c(C#N)c2c1CCN(C)CC2. The van der Waals surface area contributed by atoms with Gasteiger partial charge in [-0.3, -0.25) is 0 Å². The van der Waals surface area contributed by atoms with Gasteiger partial charge < -0.3 is 4.90 Å². The molecule has 3 nitrogen and oxygen atoms in total. The second-order valence-corrected chi connectivity index (χ2v) is 4.59. The number of hydrogen-bond donors (Lipinski definition) is 0. The molecule has 0 aliphatic carbocycles. The van der Waals surface area contributed by atoms with E-state index in [9.17, 15) is 0 Å². The normalized spacial score (nSPS) is 16.4. The number of aryl methyl sites for hydroxylation is 1. The molecule has 1 aliphatic heterocycles. The maximum Gasteiger partial charge on any atom is 0.147 e. The van der Waals surface area contributed by atoms with Gasteiger partial charge in [-0.25, -0.2) is 4.98 Å². The molecule has 0 atom stereocenters. The Labute approximate surface area is 101 Å². The van der Waals surface area contributed by atoms with Crippen molar-refractivity contribution in [2.45, 2.75) is 19.8 Å². The summed E-state index contributed by atoms with van der Waals surface area (Å²) >= 11 is 6.01. The van der Waals surface area contributed by atoms with Gasteiger partial charge in [0.1, 0.15) is 11.2 Å². The zero-order valence-corrected chi connectivity index (χ0v) is 10.3. The molecule has 0 bridgehead atoms. The molecule has 0 radical (unpaired) electrons. The van der Waals surface area contributed by atoms with Gasteiger partial charge in [-0.2, -0.15) is 5.26 Å². The highest BCUT2D eigenvalue weighted by molar-refractivity contribution is 6.30. The second kappa shape index (κ2) is 4.40. The summed E-state index contributed by atoms with van der Waals surface area (Å²) in [5.74, 6) is 0. The third kappa shape index (κ3) is 1.91. The van der Waals surface area contributed by atoms with Crippen LogP contribution in [0, 0.1) is 18.3 Å². The molecule has 0 fully saturated rings.